The molecule has 2 heteroatoms. The SMILES string of the molecule is c1ccc(-c2ccc(N(c3ccccc3)c3ccc4cc(-n5c6ccccc6c6c7ccccc7ccc65)ccc4c3)cc2)cc1. The molecule has 0 bridgehead atoms. The van der Waals surface area contributed by atoms with Crippen LogP contribution in [0.3, 0.4) is 0 Å². The molecule has 0 atom stereocenters. The summed E-state index contributed by atoms with van der Waals surface area (Å²) in [5.41, 5.74) is 9.42. The third-order valence-electron chi connectivity index (χ3n) is 9.13. The van der Waals surface area contributed by atoms with E-state index in [1.807, 2.05) is 0 Å². The first-order chi connectivity index (χ1) is 22.8. The van der Waals surface area contributed by atoms with Gasteiger partial charge in [-0.25, -0.2) is 0 Å². The normalized spacial score (nSPS) is 11.5. The van der Waals surface area contributed by atoms with E-state index in [9.17, 15) is 0 Å². The van der Waals surface area contributed by atoms with Gasteiger partial charge < -0.3 is 9.47 Å². The van der Waals surface area contributed by atoms with Gasteiger partial charge in [-0.15, -0.1) is 0 Å². The Kier molecular flexibility index (Phi) is 6.17. The van der Waals surface area contributed by atoms with Crippen molar-refractivity contribution in [1.82, 2.24) is 4.57 Å². The van der Waals surface area contributed by atoms with Crippen LogP contribution in [0.2, 0.25) is 0 Å². The van der Waals surface area contributed by atoms with Crippen LogP contribution in [0, 0.1) is 0 Å². The van der Waals surface area contributed by atoms with Crippen molar-refractivity contribution in [3.05, 3.63) is 182 Å². The Morgan fingerprint density at radius 2 is 0.935 bits per heavy atom. The molecule has 0 saturated carbocycles. The molecule has 9 rings (SSSR count). The Morgan fingerprint density at radius 3 is 1.76 bits per heavy atom. The molecule has 0 N–H and O–H groups in total. The van der Waals surface area contributed by atoms with Crippen molar-refractivity contribution >= 4 is 60.4 Å². The maximum absolute atomic E-state index is 2.41. The van der Waals surface area contributed by atoms with E-state index in [1.54, 1.807) is 0 Å². The maximum Gasteiger partial charge on any atom is 0.0547 e. The lowest BCUT2D eigenvalue weighted by atomic mass is 10.0. The van der Waals surface area contributed by atoms with Gasteiger partial charge in [0.25, 0.3) is 0 Å². The summed E-state index contributed by atoms with van der Waals surface area (Å²) < 4.78 is 2.41. The monoisotopic (exact) mass is 586 g/mol. The van der Waals surface area contributed by atoms with Gasteiger partial charge in [-0.2, -0.15) is 0 Å². The van der Waals surface area contributed by atoms with Crippen molar-refractivity contribution in [2.45, 2.75) is 0 Å². The second kappa shape index (κ2) is 10.8. The summed E-state index contributed by atoms with van der Waals surface area (Å²) in [6.45, 7) is 0. The molecule has 46 heavy (non-hydrogen) atoms. The topological polar surface area (TPSA) is 8.17 Å². The molecule has 9 aromatic rings. The maximum atomic E-state index is 2.41. The molecule has 1 heterocycles. The van der Waals surface area contributed by atoms with Crippen molar-refractivity contribution in [2.75, 3.05) is 4.90 Å². The third kappa shape index (κ3) is 4.35. The predicted molar refractivity (Wildman–Crippen MR) is 196 cm³/mol. The first-order valence-electron chi connectivity index (χ1n) is 15.8. The number of fused-ring (bicyclic) bond motifs is 6. The van der Waals surface area contributed by atoms with Crippen LogP contribution in [0.25, 0.3) is 60.2 Å². The van der Waals surface area contributed by atoms with E-state index < -0.39 is 0 Å². The summed E-state index contributed by atoms with van der Waals surface area (Å²) >= 11 is 0. The summed E-state index contributed by atoms with van der Waals surface area (Å²) in [5.74, 6) is 0. The van der Waals surface area contributed by atoms with Crippen LogP contribution in [0.4, 0.5) is 17.1 Å². The zero-order valence-electron chi connectivity index (χ0n) is 25.2. The molecule has 2 nitrogen and oxygen atoms in total. The lowest BCUT2D eigenvalue weighted by molar-refractivity contribution is 1.19. The summed E-state index contributed by atoms with van der Waals surface area (Å²) in [4.78, 5) is 2.33. The molecular weight excluding hydrogens is 556 g/mol. The van der Waals surface area contributed by atoms with Gasteiger partial charge in [-0.05, 0) is 93.3 Å². The summed E-state index contributed by atoms with van der Waals surface area (Å²) in [6.07, 6.45) is 0. The van der Waals surface area contributed by atoms with E-state index in [2.05, 4.69) is 191 Å². The van der Waals surface area contributed by atoms with Crippen LogP contribution in [0.1, 0.15) is 0 Å². The quantitative estimate of drug-likeness (QED) is 0.195. The zero-order chi connectivity index (χ0) is 30.5. The van der Waals surface area contributed by atoms with Crippen molar-refractivity contribution in [2.24, 2.45) is 0 Å². The smallest absolute Gasteiger partial charge is 0.0547 e. The molecule has 0 unspecified atom stereocenters. The Labute approximate surface area is 268 Å². The number of anilines is 3. The standard InChI is InChI=1S/C44H30N2/c1-3-11-31(12-4-1)32-19-24-37(25-20-32)45(36-14-5-2-6-15-36)38-26-21-35-30-39(27-22-34(35)29-38)46-42-18-10-9-17-41(42)44-40-16-8-7-13-33(40)23-28-43(44)46/h1-30H. The lowest BCUT2D eigenvalue weighted by Gasteiger charge is -2.26. The van der Waals surface area contributed by atoms with E-state index in [0.29, 0.717) is 0 Å². The molecule has 0 saturated heterocycles. The second-order valence-electron chi connectivity index (χ2n) is 11.8. The Balaban J connectivity index is 1.16. The molecule has 0 aliphatic rings. The minimum absolute atomic E-state index is 1.12. The molecule has 0 aliphatic carbocycles. The third-order valence-corrected chi connectivity index (χ3v) is 9.13. The van der Waals surface area contributed by atoms with Crippen molar-refractivity contribution in [3.63, 3.8) is 0 Å². The van der Waals surface area contributed by atoms with Gasteiger partial charge in [-0.1, -0.05) is 121 Å². The highest BCUT2D eigenvalue weighted by Crippen LogP contribution is 2.39. The number of hydrogen-bond acceptors (Lipinski definition) is 1. The van der Waals surface area contributed by atoms with Crippen LogP contribution in [-0.4, -0.2) is 4.57 Å². The summed E-state index contributed by atoms with van der Waals surface area (Å²) in [7, 11) is 0. The first-order valence-corrected chi connectivity index (χ1v) is 15.8. The molecular formula is C44H30N2. The highest BCUT2D eigenvalue weighted by molar-refractivity contribution is 6.21. The van der Waals surface area contributed by atoms with Gasteiger partial charge in [0, 0.05) is 33.5 Å². The first kappa shape index (κ1) is 26.3. The molecule has 216 valence electrons. The molecule has 0 aliphatic heterocycles. The highest BCUT2D eigenvalue weighted by atomic mass is 15.1. The van der Waals surface area contributed by atoms with E-state index >= 15 is 0 Å². The Hall–Kier alpha value is -6.12. The van der Waals surface area contributed by atoms with E-state index in [4.69, 9.17) is 0 Å². The molecule has 0 radical (unpaired) electrons. The van der Waals surface area contributed by atoms with E-state index in [0.717, 1.165) is 22.7 Å². The molecule has 8 aromatic carbocycles. The number of rotatable bonds is 5. The van der Waals surface area contributed by atoms with Crippen molar-refractivity contribution in [3.8, 4) is 16.8 Å². The Bertz CT molecular complexity index is 2510. The van der Waals surface area contributed by atoms with Gasteiger partial charge in [0.15, 0.2) is 0 Å². The molecule has 0 fully saturated rings. The molecule has 0 spiro atoms. The zero-order valence-corrected chi connectivity index (χ0v) is 25.2. The number of benzene rings is 8. The number of para-hydroxylation sites is 2. The average Bonchev–Trinajstić information content (AvgIpc) is 3.47. The van der Waals surface area contributed by atoms with Gasteiger partial charge >= 0.3 is 0 Å². The van der Waals surface area contributed by atoms with E-state index in [1.165, 1.54) is 54.5 Å². The lowest BCUT2D eigenvalue weighted by Crippen LogP contribution is -2.09. The minimum atomic E-state index is 1.12. The van der Waals surface area contributed by atoms with Crippen LogP contribution < -0.4 is 4.90 Å². The van der Waals surface area contributed by atoms with Crippen molar-refractivity contribution < 1.29 is 0 Å². The largest absolute Gasteiger partial charge is 0.310 e. The molecule has 1 aromatic heterocycles. The summed E-state index contributed by atoms with van der Waals surface area (Å²) in [5, 5.41) is 7.55. The highest BCUT2D eigenvalue weighted by Gasteiger charge is 2.16. The summed E-state index contributed by atoms with van der Waals surface area (Å²) in [6, 6.07) is 65.6. The van der Waals surface area contributed by atoms with Crippen LogP contribution >= 0.6 is 0 Å². The van der Waals surface area contributed by atoms with Gasteiger partial charge in [-0.3, -0.25) is 0 Å². The van der Waals surface area contributed by atoms with Crippen LogP contribution in [-0.2, 0) is 0 Å². The fraction of sp³-hybridized carbons (Fsp3) is 0. The predicted octanol–water partition coefficient (Wildman–Crippen LogP) is 12.2. The average molecular weight is 587 g/mol. The fourth-order valence-electron chi connectivity index (χ4n) is 6.97. The van der Waals surface area contributed by atoms with Gasteiger partial charge in [0.1, 0.15) is 0 Å². The van der Waals surface area contributed by atoms with E-state index in [-0.39, 0.29) is 0 Å². The van der Waals surface area contributed by atoms with Crippen LogP contribution in [0.15, 0.2) is 182 Å². The second-order valence-corrected chi connectivity index (χ2v) is 11.8. The number of hydrogen-bond donors (Lipinski definition) is 0. The number of aromatic nitrogens is 1. The Morgan fingerprint density at radius 1 is 0.348 bits per heavy atom. The van der Waals surface area contributed by atoms with Crippen molar-refractivity contribution in [1.29, 1.82) is 0 Å². The van der Waals surface area contributed by atoms with Gasteiger partial charge in [0.2, 0.25) is 0 Å². The van der Waals surface area contributed by atoms with Gasteiger partial charge in [0.05, 0.1) is 11.0 Å². The molecule has 0 amide bonds. The fourth-order valence-corrected chi connectivity index (χ4v) is 6.97. The minimum Gasteiger partial charge on any atom is -0.310 e. The van der Waals surface area contributed by atoms with Crippen LogP contribution in [0.5, 0.6) is 0 Å². The number of nitrogens with zero attached hydrogens (tertiary/aromatic N) is 2.